The maximum Gasteiger partial charge on any atom is 0.228 e. The van der Waals surface area contributed by atoms with E-state index >= 15 is 0 Å². The maximum absolute atomic E-state index is 13.3. The first-order chi connectivity index (χ1) is 16.1. The summed E-state index contributed by atoms with van der Waals surface area (Å²) in [6.45, 7) is 9.48. The number of carbonyl (C=O) groups is 1. The predicted octanol–water partition coefficient (Wildman–Crippen LogP) is 5.54. The number of nitrogens with zero attached hydrogens (tertiary/aromatic N) is 3. The van der Waals surface area contributed by atoms with Gasteiger partial charge in [0, 0.05) is 37.5 Å². The summed E-state index contributed by atoms with van der Waals surface area (Å²) in [7, 11) is 0. The summed E-state index contributed by atoms with van der Waals surface area (Å²) >= 11 is 3.46. The third-order valence-electron chi connectivity index (χ3n) is 5.85. The summed E-state index contributed by atoms with van der Waals surface area (Å²) in [4.78, 5) is 23.8. The van der Waals surface area contributed by atoms with E-state index in [4.69, 9.17) is 9.72 Å². The van der Waals surface area contributed by atoms with Crippen LogP contribution < -0.4 is 4.90 Å². The molecule has 1 fully saturated rings. The van der Waals surface area contributed by atoms with Gasteiger partial charge in [0.2, 0.25) is 5.91 Å². The molecule has 0 unspecified atom stereocenters. The second-order valence-electron chi connectivity index (χ2n) is 8.54. The largest absolute Gasteiger partial charge is 0.379 e. The lowest BCUT2D eigenvalue weighted by atomic mass is 10.1. The molecule has 0 atom stereocenters. The van der Waals surface area contributed by atoms with Crippen molar-refractivity contribution in [1.82, 2.24) is 9.88 Å². The molecule has 3 aromatic rings. The SMILES string of the molecule is Cc1cc(C)c2sc(N(CCCN3CCOCC3)C(=O)CCCSc3ccccc3)nc2c1. The minimum Gasteiger partial charge on any atom is -0.379 e. The van der Waals surface area contributed by atoms with Crippen molar-refractivity contribution in [3.63, 3.8) is 0 Å². The molecule has 5 nitrogen and oxygen atoms in total. The van der Waals surface area contributed by atoms with Crippen LogP contribution in [-0.2, 0) is 9.53 Å². The van der Waals surface area contributed by atoms with Crippen molar-refractivity contribution in [2.75, 3.05) is 50.0 Å². The van der Waals surface area contributed by atoms with Gasteiger partial charge in [0.1, 0.15) is 0 Å². The number of aromatic nitrogens is 1. The second-order valence-corrected chi connectivity index (χ2v) is 10.7. The molecule has 0 spiro atoms. The number of rotatable bonds is 10. The minimum absolute atomic E-state index is 0.180. The number of ether oxygens (including phenoxy) is 1. The Morgan fingerprint density at radius 3 is 2.73 bits per heavy atom. The molecule has 1 aromatic heterocycles. The Balaban J connectivity index is 1.41. The van der Waals surface area contributed by atoms with Crippen LogP contribution in [0, 0.1) is 13.8 Å². The van der Waals surface area contributed by atoms with Gasteiger partial charge in [-0.2, -0.15) is 0 Å². The molecule has 2 aromatic carbocycles. The Labute approximate surface area is 205 Å². The van der Waals surface area contributed by atoms with Gasteiger partial charge < -0.3 is 4.74 Å². The molecule has 0 N–H and O–H groups in total. The molecular formula is C26H33N3O2S2. The molecule has 1 aliphatic heterocycles. The smallest absolute Gasteiger partial charge is 0.228 e. The van der Waals surface area contributed by atoms with Gasteiger partial charge in [-0.05, 0) is 61.8 Å². The van der Waals surface area contributed by atoms with Crippen molar-refractivity contribution in [3.8, 4) is 0 Å². The Morgan fingerprint density at radius 2 is 1.94 bits per heavy atom. The van der Waals surface area contributed by atoms with E-state index in [1.807, 2.05) is 22.7 Å². The van der Waals surface area contributed by atoms with Gasteiger partial charge in [0.25, 0.3) is 0 Å². The Kier molecular flexibility index (Phi) is 8.78. The number of hydrogen-bond donors (Lipinski definition) is 0. The van der Waals surface area contributed by atoms with Crippen LogP contribution in [-0.4, -0.2) is 60.9 Å². The van der Waals surface area contributed by atoms with Crippen LogP contribution in [0.1, 0.15) is 30.4 Å². The van der Waals surface area contributed by atoms with E-state index in [1.54, 1.807) is 11.3 Å². The van der Waals surface area contributed by atoms with E-state index in [-0.39, 0.29) is 5.91 Å². The number of benzene rings is 2. The van der Waals surface area contributed by atoms with Crippen molar-refractivity contribution in [2.24, 2.45) is 0 Å². The van der Waals surface area contributed by atoms with Crippen molar-refractivity contribution in [1.29, 1.82) is 0 Å². The molecule has 0 aliphatic carbocycles. The monoisotopic (exact) mass is 483 g/mol. The highest BCUT2D eigenvalue weighted by Crippen LogP contribution is 2.32. The fourth-order valence-corrected chi connectivity index (χ4v) is 6.08. The average molecular weight is 484 g/mol. The molecule has 0 radical (unpaired) electrons. The van der Waals surface area contributed by atoms with Gasteiger partial charge in [-0.3, -0.25) is 14.6 Å². The third kappa shape index (κ3) is 6.79. The first kappa shape index (κ1) is 24.2. The standard InChI is InChI=1S/C26H33N3O2S2/c1-20-18-21(2)25-23(19-20)27-26(33-25)29(12-7-11-28-13-15-31-16-14-28)24(30)10-6-17-32-22-8-4-3-5-9-22/h3-5,8-9,18-19H,6-7,10-17H2,1-2H3. The molecule has 7 heteroatoms. The first-order valence-electron chi connectivity index (χ1n) is 11.8. The zero-order valence-corrected chi connectivity index (χ0v) is 21.2. The quantitative estimate of drug-likeness (QED) is 0.280. The van der Waals surface area contributed by atoms with E-state index < -0.39 is 0 Å². The van der Waals surface area contributed by atoms with Crippen LogP contribution in [0.5, 0.6) is 0 Å². The zero-order valence-electron chi connectivity index (χ0n) is 19.6. The van der Waals surface area contributed by atoms with Crippen LogP contribution >= 0.6 is 23.1 Å². The van der Waals surface area contributed by atoms with E-state index in [1.165, 1.54) is 20.7 Å². The molecule has 176 valence electrons. The molecule has 0 bridgehead atoms. The fourth-order valence-electron chi connectivity index (χ4n) is 4.15. The van der Waals surface area contributed by atoms with E-state index in [2.05, 4.69) is 55.1 Å². The normalized spacial score (nSPS) is 14.6. The molecule has 2 heterocycles. The number of amides is 1. The number of carbonyl (C=O) groups excluding carboxylic acids is 1. The molecule has 0 saturated carbocycles. The molecule has 1 amide bonds. The fraction of sp³-hybridized carbons (Fsp3) is 0.462. The van der Waals surface area contributed by atoms with Gasteiger partial charge >= 0.3 is 0 Å². The number of thioether (sulfide) groups is 1. The summed E-state index contributed by atoms with van der Waals surface area (Å²) in [5.41, 5.74) is 3.44. The van der Waals surface area contributed by atoms with Gasteiger partial charge in [0.15, 0.2) is 5.13 Å². The number of anilines is 1. The van der Waals surface area contributed by atoms with Gasteiger partial charge in [-0.25, -0.2) is 4.98 Å². The van der Waals surface area contributed by atoms with E-state index in [0.29, 0.717) is 13.0 Å². The molecule has 33 heavy (non-hydrogen) atoms. The lowest BCUT2D eigenvalue weighted by molar-refractivity contribution is -0.118. The van der Waals surface area contributed by atoms with Crippen molar-refractivity contribution >= 4 is 44.4 Å². The second kappa shape index (κ2) is 12.0. The lowest BCUT2D eigenvalue weighted by Gasteiger charge is -2.27. The third-order valence-corrected chi connectivity index (χ3v) is 8.18. The van der Waals surface area contributed by atoms with Crippen molar-refractivity contribution < 1.29 is 9.53 Å². The van der Waals surface area contributed by atoms with Crippen molar-refractivity contribution in [3.05, 3.63) is 53.6 Å². The summed E-state index contributed by atoms with van der Waals surface area (Å²) in [6.07, 6.45) is 2.35. The minimum atomic E-state index is 0.180. The predicted molar refractivity (Wildman–Crippen MR) is 140 cm³/mol. The van der Waals surface area contributed by atoms with Crippen LogP contribution in [0.15, 0.2) is 47.4 Å². The number of morpholine rings is 1. The highest BCUT2D eigenvalue weighted by atomic mass is 32.2. The lowest BCUT2D eigenvalue weighted by Crippen LogP contribution is -2.39. The van der Waals surface area contributed by atoms with Gasteiger partial charge in [-0.1, -0.05) is 35.6 Å². The molecule has 1 saturated heterocycles. The highest BCUT2D eigenvalue weighted by Gasteiger charge is 2.21. The Bertz CT molecular complexity index is 1050. The maximum atomic E-state index is 13.3. The summed E-state index contributed by atoms with van der Waals surface area (Å²) in [5, 5.41) is 0.835. The Hall–Kier alpha value is -1.93. The number of thiazole rings is 1. The highest BCUT2D eigenvalue weighted by molar-refractivity contribution is 7.99. The van der Waals surface area contributed by atoms with E-state index in [0.717, 1.165) is 62.1 Å². The Morgan fingerprint density at radius 1 is 1.15 bits per heavy atom. The number of hydrogen-bond acceptors (Lipinski definition) is 6. The summed E-state index contributed by atoms with van der Waals surface area (Å²) in [5.74, 6) is 1.12. The average Bonchev–Trinajstić information content (AvgIpc) is 3.25. The summed E-state index contributed by atoms with van der Waals surface area (Å²) < 4.78 is 6.64. The molecular weight excluding hydrogens is 450 g/mol. The number of aryl methyl sites for hydroxylation is 2. The van der Waals surface area contributed by atoms with Crippen molar-refractivity contribution in [2.45, 2.75) is 38.0 Å². The molecule has 1 aliphatic rings. The van der Waals surface area contributed by atoms with Crippen LogP contribution in [0.25, 0.3) is 10.2 Å². The first-order valence-corrected chi connectivity index (χ1v) is 13.6. The zero-order chi connectivity index (χ0) is 23.0. The number of fused-ring (bicyclic) bond motifs is 1. The topological polar surface area (TPSA) is 45.7 Å². The van der Waals surface area contributed by atoms with Crippen LogP contribution in [0.4, 0.5) is 5.13 Å². The van der Waals surface area contributed by atoms with Crippen LogP contribution in [0.2, 0.25) is 0 Å². The molecule has 4 rings (SSSR count). The van der Waals surface area contributed by atoms with Gasteiger partial charge in [-0.15, -0.1) is 11.8 Å². The van der Waals surface area contributed by atoms with Crippen LogP contribution in [0.3, 0.4) is 0 Å². The van der Waals surface area contributed by atoms with Gasteiger partial charge in [0.05, 0.1) is 23.4 Å². The summed E-state index contributed by atoms with van der Waals surface area (Å²) in [6, 6.07) is 14.7. The van der Waals surface area contributed by atoms with E-state index in [9.17, 15) is 4.79 Å².